The van der Waals surface area contributed by atoms with E-state index in [1.165, 1.54) is 7.11 Å². The monoisotopic (exact) mass is 228 g/mol. The molecule has 0 radical (unpaired) electrons. The van der Waals surface area contributed by atoms with Crippen molar-refractivity contribution >= 4 is 11.9 Å². The largest absolute Gasteiger partial charge is 0.481 e. The molecular weight excluding hydrogens is 212 g/mol. The molecule has 0 bridgehead atoms. The highest BCUT2D eigenvalue weighted by molar-refractivity contribution is 5.88. The van der Waals surface area contributed by atoms with Crippen molar-refractivity contribution in [2.45, 2.75) is 32.0 Å². The molecule has 16 heavy (non-hydrogen) atoms. The zero-order chi connectivity index (χ0) is 12.3. The molecular formula is C11H16O5. The van der Waals surface area contributed by atoms with Gasteiger partial charge in [0, 0.05) is 0 Å². The van der Waals surface area contributed by atoms with Gasteiger partial charge in [-0.1, -0.05) is 6.58 Å². The molecule has 90 valence electrons. The molecule has 1 saturated heterocycles. The van der Waals surface area contributed by atoms with E-state index in [0.717, 1.165) is 0 Å². The number of carbonyl (C=O) groups is 2. The Morgan fingerprint density at radius 3 is 2.62 bits per heavy atom. The molecule has 1 fully saturated rings. The molecule has 5 nitrogen and oxygen atoms in total. The first-order chi connectivity index (χ1) is 7.47. The molecule has 1 aliphatic rings. The van der Waals surface area contributed by atoms with Gasteiger partial charge in [0.1, 0.15) is 0 Å². The van der Waals surface area contributed by atoms with Gasteiger partial charge in [0.25, 0.3) is 0 Å². The summed E-state index contributed by atoms with van der Waals surface area (Å²) < 4.78 is 10.0. The van der Waals surface area contributed by atoms with E-state index in [4.69, 9.17) is 9.84 Å². The first-order valence-corrected chi connectivity index (χ1v) is 5.12. The van der Waals surface area contributed by atoms with E-state index in [2.05, 4.69) is 11.3 Å². The lowest BCUT2D eigenvalue weighted by atomic mass is 10.0. The van der Waals surface area contributed by atoms with Gasteiger partial charge in [0.2, 0.25) is 0 Å². The van der Waals surface area contributed by atoms with Crippen LogP contribution in [0.2, 0.25) is 0 Å². The highest BCUT2D eigenvalue weighted by Gasteiger charge is 2.35. The number of rotatable bonds is 4. The van der Waals surface area contributed by atoms with E-state index >= 15 is 0 Å². The highest BCUT2D eigenvalue weighted by atomic mass is 16.5. The van der Waals surface area contributed by atoms with Gasteiger partial charge < -0.3 is 14.6 Å². The second kappa shape index (κ2) is 5.12. The van der Waals surface area contributed by atoms with E-state index < -0.39 is 24.0 Å². The minimum absolute atomic E-state index is 0.252. The Morgan fingerprint density at radius 1 is 1.50 bits per heavy atom. The Kier molecular flexibility index (Phi) is 4.06. The Morgan fingerprint density at radius 2 is 2.12 bits per heavy atom. The van der Waals surface area contributed by atoms with E-state index in [-0.39, 0.29) is 11.7 Å². The Hall–Kier alpha value is -1.36. The van der Waals surface area contributed by atoms with Crippen LogP contribution in [0, 0.1) is 5.92 Å². The molecule has 0 aromatic heterocycles. The maximum Gasteiger partial charge on any atom is 0.335 e. The van der Waals surface area contributed by atoms with Crippen LogP contribution in [0.3, 0.4) is 0 Å². The number of hydrogen-bond donors (Lipinski definition) is 1. The summed E-state index contributed by atoms with van der Waals surface area (Å²) in [6.07, 6.45) is 0.452. The third-order valence-electron chi connectivity index (χ3n) is 2.84. The predicted molar refractivity (Wildman–Crippen MR) is 55.9 cm³/mol. The molecule has 0 aliphatic carbocycles. The number of aliphatic carboxylic acids is 1. The Balaban J connectivity index is 2.56. The molecule has 0 unspecified atom stereocenters. The Bertz CT molecular complexity index is 309. The number of esters is 1. The maximum absolute atomic E-state index is 11.2. The minimum Gasteiger partial charge on any atom is -0.481 e. The second-order valence-corrected chi connectivity index (χ2v) is 3.88. The molecule has 0 amide bonds. The average Bonchev–Trinajstić information content (AvgIpc) is 2.74. The zero-order valence-corrected chi connectivity index (χ0v) is 9.43. The number of carbonyl (C=O) groups excluding carboxylic acids is 1. The topological polar surface area (TPSA) is 72.8 Å². The molecule has 1 aliphatic heterocycles. The second-order valence-electron chi connectivity index (χ2n) is 3.88. The smallest absolute Gasteiger partial charge is 0.335 e. The van der Waals surface area contributed by atoms with Gasteiger partial charge in [-0.15, -0.1) is 0 Å². The van der Waals surface area contributed by atoms with Gasteiger partial charge in [-0.05, 0) is 19.8 Å². The molecule has 5 heteroatoms. The van der Waals surface area contributed by atoms with Crippen molar-refractivity contribution in [3.05, 3.63) is 12.2 Å². The fraction of sp³-hybridized carbons (Fsp3) is 0.636. The maximum atomic E-state index is 11.2. The zero-order valence-electron chi connectivity index (χ0n) is 9.43. The average molecular weight is 228 g/mol. The van der Waals surface area contributed by atoms with Crippen LogP contribution < -0.4 is 0 Å². The van der Waals surface area contributed by atoms with Gasteiger partial charge in [0.05, 0.1) is 30.8 Å². The van der Waals surface area contributed by atoms with E-state index in [1.54, 1.807) is 6.92 Å². The number of carboxylic acids is 1. The number of carboxylic acid groups (broad SMARTS) is 1. The summed E-state index contributed by atoms with van der Waals surface area (Å²) in [5, 5.41) is 8.83. The molecule has 0 aromatic rings. The minimum atomic E-state index is -0.894. The van der Waals surface area contributed by atoms with Crippen molar-refractivity contribution in [1.29, 1.82) is 0 Å². The van der Waals surface area contributed by atoms with Crippen molar-refractivity contribution in [1.82, 2.24) is 0 Å². The van der Waals surface area contributed by atoms with Gasteiger partial charge in [-0.3, -0.25) is 4.79 Å². The third-order valence-corrected chi connectivity index (χ3v) is 2.84. The SMILES string of the molecule is C=C(C(=O)OC)[C@H]1CC[C@@H]([C@@H](C)C(=O)O)O1. The lowest BCUT2D eigenvalue weighted by Crippen LogP contribution is -2.27. The van der Waals surface area contributed by atoms with Crippen molar-refractivity contribution in [2.24, 2.45) is 5.92 Å². The van der Waals surface area contributed by atoms with Crippen molar-refractivity contribution in [3.8, 4) is 0 Å². The van der Waals surface area contributed by atoms with Crippen LogP contribution in [0.1, 0.15) is 19.8 Å². The first-order valence-electron chi connectivity index (χ1n) is 5.12. The molecule has 0 aromatic carbocycles. The van der Waals surface area contributed by atoms with E-state index in [0.29, 0.717) is 12.8 Å². The van der Waals surface area contributed by atoms with Crippen LogP contribution >= 0.6 is 0 Å². The summed E-state index contributed by atoms with van der Waals surface area (Å²) in [5.41, 5.74) is 0.252. The predicted octanol–water partition coefficient (Wildman–Crippen LogP) is 0.984. The van der Waals surface area contributed by atoms with Gasteiger partial charge in [-0.2, -0.15) is 0 Å². The molecule has 1 heterocycles. The molecule has 0 spiro atoms. The number of methoxy groups -OCH3 is 1. The van der Waals surface area contributed by atoms with Crippen LogP contribution in [0.4, 0.5) is 0 Å². The normalized spacial score (nSPS) is 26.1. The van der Waals surface area contributed by atoms with Crippen LogP contribution in [0.5, 0.6) is 0 Å². The van der Waals surface area contributed by atoms with Crippen molar-refractivity contribution < 1.29 is 24.2 Å². The van der Waals surface area contributed by atoms with Crippen LogP contribution in [-0.2, 0) is 19.1 Å². The highest BCUT2D eigenvalue weighted by Crippen LogP contribution is 2.29. The van der Waals surface area contributed by atoms with Gasteiger partial charge in [0.15, 0.2) is 0 Å². The van der Waals surface area contributed by atoms with Crippen LogP contribution in [-0.4, -0.2) is 36.4 Å². The van der Waals surface area contributed by atoms with E-state index in [9.17, 15) is 9.59 Å². The third kappa shape index (κ3) is 2.61. The summed E-state index contributed by atoms with van der Waals surface area (Å²) in [5.74, 6) is -1.97. The standard InChI is InChI=1S/C11H16O5/c1-6(10(12)13)8-4-5-9(16-8)7(2)11(14)15-3/h6,8-9H,2,4-5H2,1,3H3,(H,12,13)/t6-,8+,9-/m1/s1. The van der Waals surface area contributed by atoms with Gasteiger partial charge in [-0.25, -0.2) is 4.79 Å². The lowest BCUT2D eigenvalue weighted by molar-refractivity contribution is -0.146. The molecule has 3 atom stereocenters. The molecule has 1 rings (SSSR count). The summed E-state index contributed by atoms with van der Waals surface area (Å²) in [4.78, 5) is 21.9. The Labute approximate surface area is 94.0 Å². The first kappa shape index (κ1) is 12.7. The summed E-state index contributed by atoms with van der Waals surface area (Å²) in [7, 11) is 1.28. The summed E-state index contributed by atoms with van der Waals surface area (Å²) >= 11 is 0. The van der Waals surface area contributed by atoms with Crippen molar-refractivity contribution in [2.75, 3.05) is 7.11 Å². The number of ether oxygens (including phenoxy) is 2. The van der Waals surface area contributed by atoms with Gasteiger partial charge >= 0.3 is 11.9 Å². The molecule has 0 saturated carbocycles. The lowest BCUT2D eigenvalue weighted by Gasteiger charge is -2.17. The van der Waals surface area contributed by atoms with E-state index in [1.807, 2.05) is 0 Å². The fourth-order valence-corrected chi connectivity index (χ4v) is 1.71. The van der Waals surface area contributed by atoms with Crippen LogP contribution in [0.15, 0.2) is 12.2 Å². The molecule has 1 N–H and O–H groups in total. The fourth-order valence-electron chi connectivity index (χ4n) is 1.71. The number of hydrogen-bond acceptors (Lipinski definition) is 4. The van der Waals surface area contributed by atoms with Crippen LogP contribution in [0.25, 0.3) is 0 Å². The summed E-state index contributed by atoms with van der Waals surface area (Å²) in [6, 6.07) is 0. The quantitative estimate of drug-likeness (QED) is 0.573. The summed E-state index contributed by atoms with van der Waals surface area (Å²) in [6.45, 7) is 5.19. The van der Waals surface area contributed by atoms with Crippen molar-refractivity contribution in [3.63, 3.8) is 0 Å².